The first-order valence-electron chi connectivity index (χ1n) is 8.25. The summed E-state index contributed by atoms with van der Waals surface area (Å²) < 4.78 is 5.57. The zero-order valence-corrected chi connectivity index (χ0v) is 14.3. The fraction of sp³-hybridized carbons (Fsp3) is 0.474. The molecule has 0 saturated carbocycles. The lowest BCUT2D eigenvalue weighted by atomic mass is 9.96. The fourth-order valence-electron chi connectivity index (χ4n) is 2.68. The van der Waals surface area contributed by atoms with Crippen LogP contribution < -0.4 is 10.1 Å². The molecule has 1 aliphatic heterocycles. The molecule has 0 aromatic heterocycles. The lowest BCUT2D eigenvalue weighted by Crippen LogP contribution is -2.42. The summed E-state index contributed by atoms with van der Waals surface area (Å²) in [4.78, 5) is 25.1. The number of nitrogens with zero attached hydrogens (tertiary/aromatic N) is 1. The molecule has 1 aliphatic rings. The van der Waals surface area contributed by atoms with E-state index in [1.54, 1.807) is 11.8 Å². The number of benzene rings is 1. The van der Waals surface area contributed by atoms with E-state index in [0.29, 0.717) is 26.2 Å². The van der Waals surface area contributed by atoms with Gasteiger partial charge in [-0.15, -0.1) is 0 Å². The molecule has 2 rings (SSSR count). The lowest BCUT2D eigenvalue weighted by molar-refractivity contribution is -0.133. The SMILES string of the molecule is CC(=O)N1CCC(C(=O)NCC#CCOc2ccccc2C)CC1. The Bertz CT molecular complexity index is 638. The maximum atomic E-state index is 12.1. The van der Waals surface area contributed by atoms with Crippen LogP contribution in [0.4, 0.5) is 0 Å². The van der Waals surface area contributed by atoms with Crippen LogP contribution >= 0.6 is 0 Å². The molecule has 0 bridgehead atoms. The van der Waals surface area contributed by atoms with E-state index in [-0.39, 0.29) is 17.7 Å². The van der Waals surface area contributed by atoms with E-state index in [2.05, 4.69) is 17.2 Å². The number of nitrogens with one attached hydrogen (secondary N) is 1. The van der Waals surface area contributed by atoms with E-state index in [4.69, 9.17) is 4.74 Å². The molecule has 1 aromatic rings. The van der Waals surface area contributed by atoms with Gasteiger partial charge in [-0.05, 0) is 31.4 Å². The van der Waals surface area contributed by atoms with E-state index in [1.807, 2.05) is 31.2 Å². The van der Waals surface area contributed by atoms with Crippen molar-refractivity contribution in [3.05, 3.63) is 29.8 Å². The smallest absolute Gasteiger partial charge is 0.223 e. The fourth-order valence-corrected chi connectivity index (χ4v) is 2.68. The van der Waals surface area contributed by atoms with Crippen molar-refractivity contribution in [2.24, 2.45) is 5.92 Å². The van der Waals surface area contributed by atoms with Crippen LogP contribution in [0.1, 0.15) is 25.3 Å². The van der Waals surface area contributed by atoms with Gasteiger partial charge in [-0.25, -0.2) is 0 Å². The summed E-state index contributed by atoms with van der Waals surface area (Å²) in [6.45, 7) is 5.49. The third kappa shape index (κ3) is 5.31. The topological polar surface area (TPSA) is 58.6 Å². The van der Waals surface area contributed by atoms with Crippen LogP contribution in [0.3, 0.4) is 0 Å². The van der Waals surface area contributed by atoms with Crippen molar-refractivity contribution in [3.8, 4) is 17.6 Å². The van der Waals surface area contributed by atoms with Gasteiger partial charge in [0.2, 0.25) is 11.8 Å². The molecule has 0 radical (unpaired) electrons. The number of ether oxygens (including phenoxy) is 1. The Morgan fingerprint density at radius 3 is 2.62 bits per heavy atom. The van der Waals surface area contributed by atoms with E-state index >= 15 is 0 Å². The highest BCUT2D eigenvalue weighted by molar-refractivity contribution is 5.79. The predicted octanol–water partition coefficient (Wildman–Crippen LogP) is 1.75. The average Bonchev–Trinajstić information content (AvgIpc) is 2.59. The highest BCUT2D eigenvalue weighted by atomic mass is 16.5. The molecule has 0 aliphatic carbocycles. The monoisotopic (exact) mass is 328 g/mol. The minimum absolute atomic E-state index is 0.0207. The Morgan fingerprint density at radius 2 is 1.96 bits per heavy atom. The first-order valence-corrected chi connectivity index (χ1v) is 8.25. The van der Waals surface area contributed by atoms with E-state index in [0.717, 1.165) is 24.2 Å². The number of para-hydroxylation sites is 1. The summed E-state index contributed by atoms with van der Waals surface area (Å²) in [5.41, 5.74) is 1.07. The van der Waals surface area contributed by atoms with Gasteiger partial charge >= 0.3 is 0 Å². The number of carbonyl (C=O) groups excluding carboxylic acids is 2. The number of hydrogen-bond donors (Lipinski definition) is 1. The predicted molar refractivity (Wildman–Crippen MR) is 92.4 cm³/mol. The number of carbonyl (C=O) groups is 2. The molecule has 1 heterocycles. The van der Waals surface area contributed by atoms with Gasteiger partial charge in [-0.2, -0.15) is 0 Å². The molecule has 1 aromatic carbocycles. The number of rotatable bonds is 4. The summed E-state index contributed by atoms with van der Waals surface area (Å²) in [5, 5.41) is 2.83. The Labute approximate surface area is 143 Å². The first kappa shape index (κ1) is 17.9. The van der Waals surface area contributed by atoms with Crippen molar-refractivity contribution in [2.75, 3.05) is 26.2 Å². The van der Waals surface area contributed by atoms with Crippen molar-refractivity contribution >= 4 is 11.8 Å². The molecular formula is C19H24N2O3. The second-order valence-corrected chi connectivity index (χ2v) is 5.91. The standard InChI is InChI=1S/C19H24N2O3/c1-15-7-3-4-8-18(15)24-14-6-5-11-20-19(23)17-9-12-21(13-10-17)16(2)22/h3-4,7-8,17H,9-14H2,1-2H3,(H,20,23). The van der Waals surface area contributed by atoms with Gasteiger partial charge in [0.15, 0.2) is 0 Å². The maximum Gasteiger partial charge on any atom is 0.223 e. The van der Waals surface area contributed by atoms with Crippen molar-refractivity contribution in [1.82, 2.24) is 10.2 Å². The minimum atomic E-state index is -0.0226. The molecule has 128 valence electrons. The zero-order valence-electron chi connectivity index (χ0n) is 14.3. The molecule has 1 saturated heterocycles. The highest BCUT2D eigenvalue weighted by Gasteiger charge is 2.25. The van der Waals surface area contributed by atoms with Gasteiger partial charge in [0.1, 0.15) is 12.4 Å². The minimum Gasteiger partial charge on any atom is -0.481 e. The van der Waals surface area contributed by atoms with Gasteiger partial charge < -0.3 is 15.0 Å². The van der Waals surface area contributed by atoms with Crippen LogP contribution in [0.15, 0.2) is 24.3 Å². The lowest BCUT2D eigenvalue weighted by Gasteiger charge is -2.30. The van der Waals surface area contributed by atoms with Gasteiger partial charge in [-0.3, -0.25) is 9.59 Å². The number of piperidine rings is 1. The van der Waals surface area contributed by atoms with E-state index in [9.17, 15) is 9.59 Å². The van der Waals surface area contributed by atoms with Crippen molar-refractivity contribution in [2.45, 2.75) is 26.7 Å². The van der Waals surface area contributed by atoms with Crippen LogP contribution in [0.5, 0.6) is 5.75 Å². The molecule has 1 fully saturated rings. The summed E-state index contributed by atoms with van der Waals surface area (Å²) >= 11 is 0. The van der Waals surface area contributed by atoms with Gasteiger partial charge in [0, 0.05) is 25.9 Å². The molecule has 1 N–H and O–H groups in total. The molecular weight excluding hydrogens is 304 g/mol. The normalized spacial score (nSPS) is 14.5. The third-order valence-corrected chi connectivity index (χ3v) is 4.18. The van der Waals surface area contributed by atoms with Crippen molar-refractivity contribution in [1.29, 1.82) is 0 Å². The molecule has 24 heavy (non-hydrogen) atoms. The van der Waals surface area contributed by atoms with Crippen LogP contribution in [-0.2, 0) is 9.59 Å². The summed E-state index contributed by atoms with van der Waals surface area (Å²) in [7, 11) is 0. The average molecular weight is 328 g/mol. The number of aryl methyl sites for hydroxylation is 1. The van der Waals surface area contributed by atoms with E-state index < -0.39 is 0 Å². The number of hydrogen-bond acceptors (Lipinski definition) is 3. The van der Waals surface area contributed by atoms with Crippen LogP contribution in [0, 0.1) is 24.7 Å². The molecule has 0 unspecified atom stereocenters. The first-order chi connectivity index (χ1) is 11.6. The Morgan fingerprint density at radius 1 is 1.25 bits per heavy atom. The van der Waals surface area contributed by atoms with Crippen molar-refractivity contribution in [3.63, 3.8) is 0 Å². The van der Waals surface area contributed by atoms with Crippen molar-refractivity contribution < 1.29 is 14.3 Å². The van der Waals surface area contributed by atoms with Crippen LogP contribution in [-0.4, -0.2) is 43.0 Å². The summed E-state index contributed by atoms with van der Waals surface area (Å²) in [6, 6.07) is 7.78. The molecule has 5 heteroatoms. The number of amides is 2. The molecule has 0 spiro atoms. The third-order valence-electron chi connectivity index (χ3n) is 4.18. The Hall–Kier alpha value is -2.48. The Balaban J connectivity index is 1.65. The highest BCUT2D eigenvalue weighted by Crippen LogP contribution is 2.17. The van der Waals surface area contributed by atoms with E-state index in [1.165, 1.54) is 0 Å². The largest absolute Gasteiger partial charge is 0.481 e. The van der Waals surface area contributed by atoms with Crippen LogP contribution in [0.2, 0.25) is 0 Å². The number of likely N-dealkylation sites (tertiary alicyclic amines) is 1. The molecule has 5 nitrogen and oxygen atoms in total. The van der Waals surface area contributed by atoms with Gasteiger partial charge in [0.05, 0.1) is 6.54 Å². The summed E-state index contributed by atoms with van der Waals surface area (Å²) in [5.74, 6) is 6.70. The zero-order chi connectivity index (χ0) is 17.4. The molecule has 0 atom stereocenters. The maximum absolute atomic E-state index is 12.1. The molecule has 2 amide bonds. The van der Waals surface area contributed by atoms with Crippen LogP contribution in [0.25, 0.3) is 0 Å². The Kier molecular flexibility index (Phi) is 6.68. The quantitative estimate of drug-likeness (QED) is 0.857. The van der Waals surface area contributed by atoms with Gasteiger partial charge in [0.25, 0.3) is 0 Å². The summed E-state index contributed by atoms with van der Waals surface area (Å²) in [6.07, 6.45) is 1.43. The van der Waals surface area contributed by atoms with Gasteiger partial charge in [-0.1, -0.05) is 30.0 Å². The second-order valence-electron chi connectivity index (χ2n) is 5.91. The second kappa shape index (κ2) is 8.97.